The Labute approximate surface area is 157 Å². The topological polar surface area (TPSA) is 94.8 Å². The van der Waals surface area contributed by atoms with Gasteiger partial charge < -0.3 is 19.2 Å². The molecule has 7 nitrogen and oxygen atoms in total. The van der Waals surface area contributed by atoms with E-state index in [2.05, 4.69) is 5.32 Å². The second-order valence-electron chi connectivity index (χ2n) is 6.56. The molecule has 0 aliphatic rings. The van der Waals surface area contributed by atoms with E-state index >= 15 is 0 Å². The van der Waals surface area contributed by atoms with E-state index in [-0.39, 0.29) is 5.92 Å². The maximum atomic E-state index is 12.5. The lowest BCUT2D eigenvalue weighted by Gasteiger charge is -2.24. The average Bonchev–Trinajstić information content (AvgIpc) is 2.64. The number of hydrogen-bond acceptors (Lipinski definition) is 6. The van der Waals surface area contributed by atoms with E-state index in [4.69, 9.17) is 13.9 Å². The fraction of sp³-hybridized carbons (Fsp3) is 0.450. The molecule has 7 heteroatoms. The van der Waals surface area contributed by atoms with Crippen molar-refractivity contribution in [2.45, 2.75) is 46.3 Å². The second kappa shape index (κ2) is 8.70. The second-order valence-corrected chi connectivity index (χ2v) is 6.56. The molecule has 1 N–H and O–H groups in total. The summed E-state index contributed by atoms with van der Waals surface area (Å²) >= 11 is 0. The summed E-state index contributed by atoms with van der Waals surface area (Å²) in [6.45, 7) is 7.19. The van der Waals surface area contributed by atoms with Crippen molar-refractivity contribution in [2.75, 3.05) is 7.11 Å². The molecule has 0 bridgehead atoms. The van der Waals surface area contributed by atoms with Crippen molar-refractivity contribution in [3.05, 3.63) is 40.2 Å². The molecule has 0 saturated carbocycles. The van der Waals surface area contributed by atoms with Crippen LogP contribution < -0.4 is 15.7 Å². The van der Waals surface area contributed by atoms with E-state index in [1.165, 1.54) is 13.2 Å². The molecule has 0 aliphatic carbocycles. The highest BCUT2D eigenvalue weighted by Crippen LogP contribution is 2.23. The quantitative estimate of drug-likeness (QED) is 0.590. The molecule has 0 radical (unpaired) electrons. The van der Waals surface area contributed by atoms with Gasteiger partial charge in [0.25, 0.3) is 5.91 Å². The summed E-state index contributed by atoms with van der Waals surface area (Å²) < 4.78 is 15.6. The first-order valence-electron chi connectivity index (χ1n) is 8.86. The number of nitrogens with one attached hydrogen (secondary N) is 1. The van der Waals surface area contributed by atoms with Crippen LogP contribution in [-0.4, -0.2) is 31.1 Å². The van der Waals surface area contributed by atoms with Gasteiger partial charge in [0, 0.05) is 17.5 Å². The maximum Gasteiger partial charge on any atom is 0.336 e. The summed E-state index contributed by atoms with van der Waals surface area (Å²) in [5.41, 5.74) is 0.739. The highest BCUT2D eigenvalue weighted by atomic mass is 16.5. The smallest absolute Gasteiger partial charge is 0.336 e. The number of carbonyl (C=O) groups is 2. The minimum absolute atomic E-state index is 0.0773. The Balaban J connectivity index is 2.14. The molecule has 2 rings (SSSR count). The number of carbonyl (C=O) groups excluding carboxylic acids is 2. The molecule has 0 fully saturated rings. The molecule has 0 spiro atoms. The third kappa shape index (κ3) is 4.87. The van der Waals surface area contributed by atoms with Crippen molar-refractivity contribution >= 4 is 22.8 Å². The Hall–Kier alpha value is -2.83. The van der Waals surface area contributed by atoms with Crippen LogP contribution in [-0.2, 0) is 14.3 Å². The molecule has 0 unspecified atom stereocenters. The predicted molar refractivity (Wildman–Crippen MR) is 101 cm³/mol. The van der Waals surface area contributed by atoms with Crippen molar-refractivity contribution < 1.29 is 23.5 Å². The Kier molecular flexibility index (Phi) is 6.60. The molecular formula is C20H25NO6. The van der Waals surface area contributed by atoms with E-state index in [1.807, 2.05) is 20.8 Å². The number of methoxy groups -OCH3 is 1. The minimum Gasteiger partial charge on any atom is -0.481 e. The summed E-state index contributed by atoms with van der Waals surface area (Å²) in [5, 5.41) is 3.48. The van der Waals surface area contributed by atoms with Crippen molar-refractivity contribution in [1.82, 2.24) is 5.32 Å². The first-order valence-corrected chi connectivity index (χ1v) is 8.86. The Morgan fingerprint density at radius 1 is 1.22 bits per heavy atom. The first-order chi connectivity index (χ1) is 12.8. The average molecular weight is 375 g/mol. The summed E-state index contributed by atoms with van der Waals surface area (Å²) in [5.74, 6) is -0.618. The molecule has 1 amide bonds. The van der Waals surface area contributed by atoms with Crippen molar-refractivity contribution in [2.24, 2.45) is 5.92 Å². The molecular weight excluding hydrogens is 350 g/mol. The number of benzene rings is 1. The van der Waals surface area contributed by atoms with E-state index in [0.29, 0.717) is 17.8 Å². The number of ether oxygens (including phenoxy) is 2. The van der Waals surface area contributed by atoms with Crippen LogP contribution in [0.5, 0.6) is 5.75 Å². The van der Waals surface area contributed by atoms with E-state index in [0.717, 1.165) is 10.9 Å². The zero-order valence-electron chi connectivity index (χ0n) is 16.2. The number of amides is 1. The fourth-order valence-electron chi connectivity index (χ4n) is 2.70. The van der Waals surface area contributed by atoms with Crippen LogP contribution in [0.2, 0.25) is 0 Å². The molecule has 27 heavy (non-hydrogen) atoms. The van der Waals surface area contributed by atoms with Gasteiger partial charge >= 0.3 is 11.6 Å². The van der Waals surface area contributed by atoms with Gasteiger partial charge in [0.15, 0.2) is 6.10 Å². The normalized spacial score (nSPS) is 14.3. The Morgan fingerprint density at radius 2 is 1.93 bits per heavy atom. The lowest BCUT2D eigenvalue weighted by atomic mass is 9.99. The van der Waals surface area contributed by atoms with Crippen LogP contribution in [0.3, 0.4) is 0 Å². The maximum absolute atomic E-state index is 12.5. The summed E-state index contributed by atoms with van der Waals surface area (Å²) in [6, 6.07) is 5.71. The predicted octanol–water partition coefficient (Wildman–Crippen LogP) is 2.57. The monoisotopic (exact) mass is 375 g/mol. The van der Waals surface area contributed by atoms with Crippen LogP contribution in [0, 0.1) is 12.8 Å². The van der Waals surface area contributed by atoms with Gasteiger partial charge in [-0.2, -0.15) is 0 Å². The molecule has 146 valence electrons. The Morgan fingerprint density at radius 3 is 2.56 bits per heavy atom. The molecule has 1 aromatic carbocycles. The van der Waals surface area contributed by atoms with Gasteiger partial charge in [0.05, 0.1) is 7.11 Å². The van der Waals surface area contributed by atoms with E-state index in [9.17, 15) is 14.4 Å². The van der Waals surface area contributed by atoms with Gasteiger partial charge in [-0.15, -0.1) is 0 Å². The van der Waals surface area contributed by atoms with E-state index < -0.39 is 29.6 Å². The third-order valence-electron chi connectivity index (χ3n) is 4.57. The largest absolute Gasteiger partial charge is 0.481 e. The van der Waals surface area contributed by atoms with Crippen LogP contribution in [0.25, 0.3) is 11.0 Å². The summed E-state index contributed by atoms with van der Waals surface area (Å²) in [6.07, 6.45) is -0.145. The number of fused-ring (bicyclic) bond motifs is 1. The van der Waals surface area contributed by atoms with E-state index in [1.54, 1.807) is 25.1 Å². The van der Waals surface area contributed by atoms with Crippen molar-refractivity contribution in [1.29, 1.82) is 0 Å². The molecule has 0 saturated heterocycles. The zero-order valence-corrected chi connectivity index (χ0v) is 16.2. The van der Waals surface area contributed by atoms with Gasteiger partial charge in [-0.25, -0.2) is 9.59 Å². The molecule has 3 atom stereocenters. The zero-order chi connectivity index (χ0) is 20.1. The number of esters is 1. The molecule has 1 heterocycles. The molecule has 2 aromatic rings. The van der Waals surface area contributed by atoms with Crippen LogP contribution in [0.15, 0.2) is 33.5 Å². The van der Waals surface area contributed by atoms with Crippen LogP contribution in [0.4, 0.5) is 0 Å². The van der Waals surface area contributed by atoms with Gasteiger partial charge in [-0.1, -0.05) is 20.3 Å². The lowest BCUT2D eigenvalue weighted by Crippen LogP contribution is -2.49. The lowest BCUT2D eigenvalue weighted by molar-refractivity contribution is -0.147. The molecule has 0 aliphatic heterocycles. The summed E-state index contributed by atoms with van der Waals surface area (Å²) in [4.78, 5) is 35.9. The third-order valence-corrected chi connectivity index (χ3v) is 4.57. The Bertz CT molecular complexity index is 888. The van der Waals surface area contributed by atoms with Crippen LogP contribution in [0.1, 0.15) is 32.8 Å². The first kappa shape index (κ1) is 20.5. The van der Waals surface area contributed by atoms with Crippen molar-refractivity contribution in [3.8, 4) is 5.75 Å². The summed E-state index contributed by atoms with van der Waals surface area (Å²) in [7, 11) is 1.29. The number of hydrogen-bond donors (Lipinski definition) is 1. The number of aryl methyl sites for hydroxylation is 1. The van der Waals surface area contributed by atoms with Gasteiger partial charge in [-0.3, -0.25) is 4.79 Å². The molecule has 1 aromatic heterocycles. The highest BCUT2D eigenvalue weighted by molar-refractivity contribution is 5.87. The SMILES string of the molecule is CC[C@@H](C)[C@@H](NC(=O)[C@@H](C)Oc1ccc2c(C)cc(=O)oc2c1)C(=O)OC. The standard InChI is InChI=1S/C20H25NO6/c1-6-11(2)18(20(24)25-5)21-19(23)13(4)26-14-7-8-15-12(3)9-17(22)27-16(15)10-14/h7-11,13,18H,6H2,1-5H3,(H,21,23)/t11-,13-,18-/m1/s1. The minimum atomic E-state index is -0.852. The highest BCUT2D eigenvalue weighted by Gasteiger charge is 2.29. The fourth-order valence-corrected chi connectivity index (χ4v) is 2.70. The van der Waals surface area contributed by atoms with Gasteiger partial charge in [0.1, 0.15) is 17.4 Å². The van der Waals surface area contributed by atoms with Gasteiger partial charge in [-0.05, 0) is 37.5 Å². The van der Waals surface area contributed by atoms with Crippen LogP contribution >= 0.6 is 0 Å². The van der Waals surface area contributed by atoms with Gasteiger partial charge in [0.2, 0.25) is 0 Å². The van der Waals surface area contributed by atoms with Crippen molar-refractivity contribution in [3.63, 3.8) is 0 Å². The number of rotatable bonds is 7.